The van der Waals surface area contributed by atoms with Gasteiger partial charge in [-0.2, -0.15) is 5.10 Å². The second-order valence-electron chi connectivity index (χ2n) is 4.04. The van der Waals surface area contributed by atoms with Gasteiger partial charge in [-0.1, -0.05) is 18.2 Å². The van der Waals surface area contributed by atoms with Crippen LogP contribution in [0.3, 0.4) is 0 Å². The van der Waals surface area contributed by atoms with Gasteiger partial charge in [0.05, 0.1) is 5.54 Å². The van der Waals surface area contributed by atoms with Crippen molar-refractivity contribution < 1.29 is 4.79 Å². The van der Waals surface area contributed by atoms with Gasteiger partial charge in [0.25, 0.3) is 0 Å². The lowest BCUT2D eigenvalue weighted by atomic mass is 9.94. The second kappa shape index (κ2) is 6.61. The van der Waals surface area contributed by atoms with Gasteiger partial charge in [-0.05, 0) is 26.8 Å². The molecule has 96 valence electrons. The van der Waals surface area contributed by atoms with E-state index >= 15 is 0 Å². The SMILES string of the molecule is CNC(C)(CCCCSc1ncn[nH]1)C(N)=O. The van der Waals surface area contributed by atoms with Crippen molar-refractivity contribution in [1.82, 2.24) is 20.5 Å². The molecule has 0 radical (unpaired) electrons. The Balaban J connectivity index is 2.17. The number of carbonyl (C=O) groups excluding carboxylic acids is 1. The molecule has 1 rings (SSSR count). The molecule has 1 heterocycles. The minimum Gasteiger partial charge on any atom is -0.368 e. The molecular weight excluding hydrogens is 238 g/mol. The number of likely N-dealkylation sites (N-methyl/N-ethyl adjacent to an activating group) is 1. The Labute approximate surface area is 105 Å². The van der Waals surface area contributed by atoms with Crippen LogP contribution in [0.15, 0.2) is 11.5 Å². The summed E-state index contributed by atoms with van der Waals surface area (Å²) in [6.07, 6.45) is 4.20. The van der Waals surface area contributed by atoms with Gasteiger partial charge >= 0.3 is 0 Å². The summed E-state index contributed by atoms with van der Waals surface area (Å²) < 4.78 is 0. The van der Waals surface area contributed by atoms with Crippen LogP contribution in [0.1, 0.15) is 26.2 Å². The maximum absolute atomic E-state index is 11.2. The predicted octanol–water partition coefficient (Wildman–Crippen LogP) is 0.530. The number of amides is 1. The first-order valence-corrected chi connectivity index (χ1v) is 6.54. The summed E-state index contributed by atoms with van der Waals surface area (Å²) in [7, 11) is 1.76. The summed E-state index contributed by atoms with van der Waals surface area (Å²) in [6, 6.07) is 0. The molecule has 0 bridgehead atoms. The molecule has 0 aromatic carbocycles. The lowest BCUT2D eigenvalue weighted by molar-refractivity contribution is -0.123. The number of unbranched alkanes of at least 4 members (excludes halogenated alkanes) is 1. The van der Waals surface area contributed by atoms with E-state index in [1.165, 1.54) is 6.33 Å². The van der Waals surface area contributed by atoms with Crippen LogP contribution in [0, 0.1) is 0 Å². The molecule has 0 aliphatic heterocycles. The first-order valence-electron chi connectivity index (χ1n) is 5.55. The molecule has 17 heavy (non-hydrogen) atoms. The summed E-state index contributed by atoms with van der Waals surface area (Å²) in [6.45, 7) is 1.83. The van der Waals surface area contributed by atoms with Gasteiger partial charge in [-0.3, -0.25) is 9.89 Å². The number of primary amides is 1. The molecule has 0 aliphatic rings. The molecule has 4 N–H and O–H groups in total. The van der Waals surface area contributed by atoms with E-state index in [0.29, 0.717) is 0 Å². The van der Waals surface area contributed by atoms with Gasteiger partial charge in [0.15, 0.2) is 5.16 Å². The zero-order valence-electron chi connectivity index (χ0n) is 10.2. The topological polar surface area (TPSA) is 96.7 Å². The van der Waals surface area contributed by atoms with Gasteiger partial charge in [-0.25, -0.2) is 4.98 Å². The molecule has 7 heteroatoms. The summed E-state index contributed by atoms with van der Waals surface area (Å²) >= 11 is 1.63. The lowest BCUT2D eigenvalue weighted by Gasteiger charge is -2.25. The van der Waals surface area contributed by atoms with Crippen LogP contribution in [-0.2, 0) is 4.79 Å². The fourth-order valence-electron chi connectivity index (χ4n) is 1.38. The highest BCUT2D eigenvalue weighted by atomic mass is 32.2. The third-order valence-corrected chi connectivity index (χ3v) is 3.76. The van der Waals surface area contributed by atoms with Gasteiger partial charge in [-0.15, -0.1) is 0 Å². The molecule has 0 aliphatic carbocycles. The molecule has 0 saturated heterocycles. The molecule has 0 spiro atoms. The lowest BCUT2D eigenvalue weighted by Crippen LogP contribution is -2.51. The maximum atomic E-state index is 11.2. The highest BCUT2D eigenvalue weighted by molar-refractivity contribution is 7.99. The molecule has 6 nitrogen and oxygen atoms in total. The van der Waals surface area contributed by atoms with Crippen molar-refractivity contribution in [2.75, 3.05) is 12.8 Å². The average Bonchev–Trinajstić information content (AvgIpc) is 2.81. The largest absolute Gasteiger partial charge is 0.368 e. The van der Waals surface area contributed by atoms with Crippen molar-refractivity contribution in [2.24, 2.45) is 5.73 Å². The number of hydrogen-bond acceptors (Lipinski definition) is 5. The van der Waals surface area contributed by atoms with Crippen LogP contribution in [-0.4, -0.2) is 39.4 Å². The molecular formula is C10H19N5OS. The minimum absolute atomic E-state index is 0.303. The Morgan fingerprint density at radius 3 is 2.94 bits per heavy atom. The molecule has 1 amide bonds. The van der Waals surface area contributed by atoms with Crippen LogP contribution in [0.2, 0.25) is 0 Å². The van der Waals surface area contributed by atoms with Crippen molar-refractivity contribution in [3.8, 4) is 0 Å². The highest BCUT2D eigenvalue weighted by Gasteiger charge is 2.27. The summed E-state index contributed by atoms with van der Waals surface area (Å²) in [4.78, 5) is 15.3. The van der Waals surface area contributed by atoms with Crippen molar-refractivity contribution in [2.45, 2.75) is 36.9 Å². The van der Waals surface area contributed by atoms with Crippen LogP contribution in [0.4, 0.5) is 0 Å². The van der Waals surface area contributed by atoms with Crippen LogP contribution >= 0.6 is 11.8 Å². The standard InChI is InChI=1S/C10H19N5OS/c1-10(12-2,8(11)16)5-3-4-6-17-9-13-7-14-15-9/h7,12H,3-6H2,1-2H3,(H2,11,16)(H,13,14,15). The second-order valence-corrected chi connectivity index (χ2v) is 5.13. The van der Waals surface area contributed by atoms with Crippen molar-refractivity contribution in [3.63, 3.8) is 0 Å². The number of thioether (sulfide) groups is 1. The van der Waals surface area contributed by atoms with Crippen molar-refractivity contribution >= 4 is 17.7 Å². The van der Waals surface area contributed by atoms with Crippen LogP contribution in [0.25, 0.3) is 0 Å². The number of aromatic nitrogens is 3. The summed E-state index contributed by atoms with van der Waals surface area (Å²) in [5.41, 5.74) is 4.74. The summed E-state index contributed by atoms with van der Waals surface area (Å²) in [5, 5.41) is 10.4. The molecule has 0 saturated carbocycles. The number of aromatic amines is 1. The Hall–Kier alpha value is -1.08. The van der Waals surface area contributed by atoms with E-state index in [-0.39, 0.29) is 5.91 Å². The highest BCUT2D eigenvalue weighted by Crippen LogP contribution is 2.17. The zero-order chi connectivity index (χ0) is 12.7. The van der Waals surface area contributed by atoms with Crippen molar-refractivity contribution in [1.29, 1.82) is 0 Å². The molecule has 1 atom stereocenters. The van der Waals surface area contributed by atoms with Gasteiger partial charge in [0.2, 0.25) is 5.91 Å². The predicted molar refractivity (Wildman–Crippen MR) is 67.6 cm³/mol. The van der Waals surface area contributed by atoms with E-state index in [9.17, 15) is 4.79 Å². The number of H-pyrrole nitrogens is 1. The Bertz CT molecular complexity index is 342. The van der Waals surface area contributed by atoms with E-state index in [2.05, 4.69) is 20.5 Å². The quantitative estimate of drug-likeness (QED) is 0.466. The van der Waals surface area contributed by atoms with Crippen molar-refractivity contribution in [3.05, 3.63) is 6.33 Å². The van der Waals surface area contributed by atoms with Gasteiger partial charge in [0.1, 0.15) is 6.33 Å². The molecule has 1 aromatic heterocycles. The first-order chi connectivity index (χ1) is 8.08. The number of nitrogens with two attached hydrogens (primary N) is 1. The Kier molecular flexibility index (Phi) is 5.43. The van der Waals surface area contributed by atoms with E-state index in [1.807, 2.05) is 6.92 Å². The monoisotopic (exact) mass is 257 g/mol. The van der Waals surface area contributed by atoms with Crippen LogP contribution in [0.5, 0.6) is 0 Å². The number of rotatable bonds is 8. The number of hydrogen-bond donors (Lipinski definition) is 3. The molecule has 0 fully saturated rings. The maximum Gasteiger partial charge on any atom is 0.237 e. The smallest absolute Gasteiger partial charge is 0.237 e. The fraction of sp³-hybridized carbons (Fsp3) is 0.700. The number of nitrogens with zero attached hydrogens (tertiary/aromatic N) is 2. The third kappa shape index (κ3) is 4.35. The normalized spacial score (nSPS) is 14.5. The zero-order valence-corrected chi connectivity index (χ0v) is 11.0. The number of carbonyl (C=O) groups is 1. The van der Waals surface area contributed by atoms with E-state index in [4.69, 9.17) is 5.73 Å². The third-order valence-electron chi connectivity index (χ3n) is 2.80. The summed E-state index contributed by atoms with van der Waals surface area (Å²) in [5.74, 6) is 0.649. The molecule has 1 unspecified atom stereocenters. The minimum atomic E-state index is -0.600. The van der Waals surface area contributed by atoms with E-state index in [1.54, 1.807) is 18.8 Å². The average molecular weight is 257 g/mol. The van der Waals surface area contributed by atoms with Gasteiger partial charge in [0, 0.05) is 5.75 Å². The van der Waals surface area contributed by atoms with Crippen LogP contribution < -0.4 is 11.1 Å². The fourth-order valence-corrected chi connectivity index (χ4v) is 2.17. The van der Waals surface area contributed by atoms with Gasteiger partial charge < -0.3 is 11.1 Å². The Morgan fingerprint density at radius 2 is 2.41 bits per heavy atom. The number of nitrogens with one attached hydrogen (secondary N) is 2. The first kappa shape index (κ1) is 14.0. The van der Waals surface area contributed by atoms with E-state index < -0.39 is 5.54 Å². The molecule has 1 aromatic rings. The Morgan fingerprint density at radius 1 is 1.65 bits per heavy atom. The van der Waals surface area contributed by atoms with E-state index in [0.717, 1.165) is 30.2 Å².